The fourth-order valence-electron chi connectivity index (χ4n) is 3.23. The molecular formula is C20H24F3N5O2. The lowest BCUT2D eigenvalue weighted by atomic mass is 10.1. The molecule has 0 spiro atoms. The van der Waals surface area contributed by atoms with Gasteiger partial charge in [-0.15, -0.1) is 13.2 Å². The van der Waals surface area contributed by atoms with Crippen LogP contribution in [0.1, 0.15) is 35.4 Å². The van der Waals surface area contributed by atoms with Gasteiger partial charge in [0.1, 0.15) is 23.2 Å². The Kier molecular flexibility index (Phi) is 6.96. The molecule has 3 rings (SSSR count). The number of alkyl halides is 3. The first-order valence-corrected chi connectivity index (χ1v) is 9.79. The van der Waals surface area contributed by atoms with Crippen molar-refractivity contribution in [3.05, 3.63) is 41.7 Å². The molecule has 1 aliphatic heterocycles. The number of anilines is 2. The molecule has 0 bridgehead atoms. The fraction of sp³-hybridized carbons (Fsp3) is 0.450. The summed E-state index contributed by atoms with van der Waals surface area (Å²) in [6.07, 6.45) is -1.28. The third-order valence-electron chi connectivity index (χ3n) is 4.55. The molecule has 2 N–H and O–H groups in total. The van der Waals surface area contributed by atoms with Crippen LogP contribution in [0.4, 0.5) is 24.8 Å². The lowest BCUT2D eigenvalue weighted by Gasteiger charge is -2.28. The van der Waals surface area contributed by atoms with Crippen LogP contribution in [0, 0.1) is 6.92 Å². The summed E-state index contributed by atoms with van der Waals surface area (Å²) in [5.41, 5.74) is 0.0852. The van der Waals surface area contributed by atoms with Gasteiger partial charge >= 0.3 is 6.36 Å². The molecule has 0 radical (unpaired) electrons. The molecule has 7 nitrogen and oxygen atoms in total. The number of benzene rings is 1. The number of aromatic nitrogens is 2. The highest BCUT2D eigenvalue weighted by Gasteiger charge is 2.31. The number of amides is 1. The molecule has 1 saturated heterocycles. The zero-order chi connectivity index (χ0) is 21.6. The second kappa shape index (κ2) is 9.64. The van der Waals surface area contributed by atoms with E-state index in [0.717, 1.165) is 43.9 Å². The predicted octanol–water partition coefficient (Wildman–Crippen LogP) is 3.52. The highest BCUT2D eigenvalue weighted by atomic mass is 19.4. The Bertz CT molecular complexity index is 870. The molecule has 1 amide bonds. The first-order chi connectivity index (χ1) is 14.3. The number of nitrogens with one attached hydrogen (secondary N) is 2. The van der Waals surface area contributed by atoms with Gasteiger partial charge in [-0.3, -0.25) is 4.79 Å². The van der Waals surface area contributed by atoms with E-state index < -0.39 is 18.0 Å². The minimum absolute atomic E-state index is 0.0852. The summed E-state index contributed by atoms with van der Waals surface area (Å²) >= 11 is 0. The van der Waals surface area contributed by atoms with E-state index in [1.54, 1.807) is 0 Å². The highest BCUT2D eigenvalue weighted by molar-refractivity contribution is 5.94. The molecule has 1 aromatic carbocycles. The average molecular weight is 423 g/mol. The predicted molar refractivity (Wildman–Crippen MR) is 107 cm³/mol. The number of hydrogen-bond acceptors (Lipinski definition) is 6. The maximum atomic E-state index is 12.3. The van der Waals surface area contributed by atoms with Crippen molar-refractivity contribution < 1.29 is 22.7 Å². The van der Waals surface area contributed by atoms with E-state index in [2.05, 4.69) is 30.2 Å². The first-order valence-electron chi connectivity index (χ1n) is 9.79. The average Bonchev–Trinajstić information content (AvgIpc) is 2.70. The summed E-state index contributed by atoms with van der Waals surface area (Å²) in [6.45, 7) is 4.45. The molecule has 0 saturated carbocycles. The van der Waals surface area contributed by atoms with Crippen molar-refractivity contribution in [1.82, 2.24) is 15.3 Å². The van der Waals surface area contributed by atoms with Crippen molar-refractivity contribution in [1.29, 1.82) is 0 Å². The number of ether oxygens (including phenoxy) is 1. The van der Waals surface area contributed by atoms with Gasteiger partial charge < -0.3 is 20.3 Å². The SMILES string of the molecule is Cc1nc(NCCNC(=O)c2cccc(OC(F)(F)F)c2)cc(N2CCCCC2)n1. The Morgan fingerprint density at radius 2 is 1.90 bits per heavy atom. The number of carbonyl (C=O) groups is 1. The zero-order valence-corrected chi connectivity index (χ0v) is 16.6. The molecule has 1 fully saturated rings. The monoisotopic (exact) mass is 423 g/mol. The van der Waals surface area contributed by atoms with Gasteiger partial charge in [0.2, 0.25) is 0 Å². The smallest absolute Gasteiger partial charge is 0.406 e. The summed E-state index contributed by atoms with van der Waals surface area (Å²) in [6, 6.07) is 6.83. The van der Waals surface area contributed by atoms with E-state index in [0.29, 0.717) is 18.2 Å². The molecule has 0 aliphatic carbocycles. The van der Waals surface area contributed by atoms with Gasteiger partial charge in [0, 0.05) is 37.8 Å². The summed E-state index contributed by atoms with van der Waals surface area (Å²) in [5.74, 6) is 1.28. The standard InChI is InChI=1S/C20H24F3N5O2/c1-14-26-17(13-18(27-14)28-10-3-2-4-11-28)24-8-9-25-19(29)15-6-5-7-16(12-15)30-20(21,22)23/h5-7,12-13H,2-4,8-11H2,1H3,(H,25,29)(H,24,26,27). The van der Waals surface area contributed by atoms with Crippen LogP contribution >= 0.6 is 0 Å². The summed E-state index contributed by atoms with van der Waals surface area (Å²) in [7, 11) is 0. The largest absolute Gasteiger partial charge is 0.573 e. The number of carbonyl (C=O) groups excluding carboxylic acids is 1. The maximum absolute atomic E-state index is 12.3. The Labute approximate surface area is 172 Å². The van der Waals surface area contributed by atoms with Gasteiger partial charge in [-0.25, -0.2) is 9.97 Å². The number of aryl methyl sites for hydroxylation is 1. The lowest BCUT2D eigenvalue weighted by molar-refractivity contribution is -0.274. The number of rotatable bonds is 7. The topological polar surface area (TPSA) is 79.4 Å². The molecular weight excluding hydrogens is 399 g/mol. The van der Waals surface area contributed by atoms with Crippen LogP contribution < -0.4 is 20.3 Å². The second-order valence-electron chi connectivity index (χ2n) is 6.96. The van der Waals surface area contributed by atoms with Gasteiger partial charge in [0.25, 0.3) is 5.91 Å². The van der Waals surface area contributed by atoms with Gasteiger partial charge in [-0.05, 0) is 44.4 Å². The van der Waals surface area contributed by atoms with E-state index in [1.807, 2.05) is 13.0 Å². The van der Waals surface area contributed by atoms with E-state index >= 15 is 0 Å². The van der Waals surface area contributed by atoms with Crippen molar-refractivity contribution in [3.8, 4) is 5.75 Å². The first kappa shape index (κ1) is 21.7. The van der Waals surface area contributed by atoms with Crippen LogP contribution in [0.15, 0.2) is 30.3 Å². The Hall–Kier alpha value is -3.04. The Morgan fingerprint density at radius 1 is 1.13 bits per heavy atom. The number of nitrogens with zero attached hydrogens (tertiary/aromatic N) is 3. The van der Waals surface area contributed by atoms with E-state index in [9.17, 15) is 18.0 Å². The molecule has 0 unspecified atom stereocenters. The molecule has 30 heavy (non-hydrogen) atoms. The summed E-state index contributed by atoms with van der Waals surface area (Å²) in [4.78, 5) is 23.3. The quantitative estimate of drug-likeness (QED) is 0.664. The Balaban J connectivity index is 1.51. The third-order valence-corrected chi connectivity index (χ3v) is 4.55. The van der Waals surface area contributed by atoms with Crippen LogP contribution in [0.5, 0.6) is 5.75 Å². The molecule has 1 aromatic heterocycles. The van der Waals surface area contributed by atoms with E-state index in [1.165, 1.54) is 18.6 Å². The van der Waals surface area contributed by atoms with Crippen LogP contribution in [-0.4, -0.2) is 48.4 Å². The van der Waals surface area contributed by atoms with Crippen molar-refractivity contribution in [2.75, 3.05) is 36.4 Å². The highest BCUT2D eigenvalue weighted by Crippen LogP contribution is 2.23. The van der Waals surface area contributed by atoms with Crippen molar-refractivity contribution >= 4 is 17.5 Å². The van der Waals surface area contributed by atoms with Gasteiger partial charge in [-0.2, -0.15) is 0 Å². The van der Waals surface area contributed by atoms with Crippen LogP contribution in [-0.2, 0) is 0 Å². The van der Waals surface area contributed by atoms with Crippen LogP contribution in [0.2, 0.25) is 0 Å². The van der Waals surface area contributed by atoms with E-state index in [-0.39, 0.29) is 12.1 Å². The van der Waals surface area contributed by atoms with E-state index in [4.69, 9.17) is 0 Å². The zero-order valence-electron chi connectivity index (χ0n) is 16.6. The van der Waals surface area contributed by atoms with Crippen molar-refractivity contribution in [2.24, 2.45) is 0 Å². The minimum atomic E-state index is -4.80. The third kappa shape index (κ3) is 6.50. The second-order valence-corrected chi connectivity index (χ2v) is 6.96. The molecule has 2 heterocycles. The van der Waals surface area contributed by atoms with Gasteiger partial charge in [0.15, 0.2) is 0 Å². The normalized spacial score (nSPS) is 14.3. The van der Waals surface area contributed by atoms with Crippen molar-refractivity contribution in [2.45, 2.75) is 32.5 Å². The number of piperidine rings is 1. The molecule has 2 aromatic rings. The van der Waals surface area contributed by atoms with Gasteiger partial charge in [-0.1, -0.05) is 6.07 Å². The number of hydrogen-bond donors (Lipinski definition) is 2. The minimum Gasteiger partial charge on any atom is -0.406 e. The number of halogens is 3. The van der Waals surface area contributed by atoms with Crippen LogP contribution in [0.25, 0.3) is 0 Å². The van der Waals surface area contributed by atoms with Crippen molar-refractivity contribution in [3.63, 3.8) is 0 Å². The van der Waals surface area contributed by atoms with Gasteiger partial charge in [0.05, 0.1) is 0 Å². The fourth-order valence-corrected chi connectivity index (χ4v) is 3.23. The molecule has 10 heteroatoms. The maximum Gasteiger partial charge on any atom is 0.573 e. The summed E-state index contributed by atoms with van der Waals surface area (Å²) in [5, 5.41) is 5.81. The molecule has 162 valence electrons. The molecule has 1 aliphatic rings. The summed E-state index contributed by atoms with van der Waals surface area (Å²) < 4.78 is 40.8. The van der Waals surface area contributed by atoms with Crippen LogP contribution in [0.3, 0.4) is 0 Å². The lowest BCUT2D eigenvalue weighted by Crippen LogP contribution is -2.31. The molecule has 0 atom stereocenters. The Morgan fingerprint density at radius 3 is 2.63 bits per heavy atom.